The SMILES string of the molecule is Cc1cc(C(=O)Nc2cccc(CCCBr)c2)sc1Br. The lowest BCUT2D eigenvalue weighted by Crippen LogP contribution is -2.10. The van der Waals surface area contributed by atoms with Crippen LogP contribution in [0.2, 0.25) is 0 Å². The van der Waals surface area contributed by atoms with Crippen molar-refractivity contribution >= 4 is 54.8 Å². The summed E-state index contributed by atoms with van der Waals surface area (Å²) >= 11 is 8.33. The van der Waals surface area contributed by atoms with Crippen LogP contribution >= 0.6 is 43.2 Å². The second kappa shape index (κ2) is 7.38. The van der Waals surface area contributed by atoms with E-state index in [0.717, 1.165) is 38.1 Å². The van der Waals surface area contributed by atoms with Crippen LogP contribution in [0.4, 0.5) is 5.69 Å². The third-order valence-corrected chi connectivity index (χ3v) is 5.56. The van der Waals surface area contributed by atoms with Gasteiger partial charge >= 0.3 is 0 Å². The summed E-state index contributed by atoms with van der Waals surface area (Å²) < 4.78 is 1.01. The molecule has 0 saturated heterocycles. The van der Waals surface area contributed by atoms with Crippen LogP contribution in [0.25, 0.3) is 0 Å². The third-order valence-electron chi connectivity index (χ3n) is 2.86. The van der Waals surface area contributed by atoms with Crippen LogP contribution < -0.4 is 5.32 Å². The lowest BCUT2D eigenvalue weighted by Gasteiger charge is -2.06. The predicted octanol–water partition coefficient (Wildman–Crippen LogP) is 5.40. The Balaban J connectivity index is 2.07. The summed E-state index contributed by atoms with van der Waals surface area (Å²) in [6.07, 6.45) is 2.10. The molecule has 1 amide bonds. The van der Waals surface area contributed by atoms with Crippen molar-refractivity contribution in [3.63, 3.8) is 0 Å². The number of halogens is 2. The number of carbonyl (C=O) groups excluding carboxylic acids is 1. The molecule has 0 bridgehead atoms. The number of aryl methyl sites for hydroxylation is 2. The molecule has 0 radical (unpaired) electrons. The van der Waals surface area contributed by atoms with E-state index in [0.29, 0.717) is 0 Å². The smallest absolute Gasteiger partial charge is 0.265 e. The zero-order valence-corrected chi connectivity index (χ0v) is 15.1. The largest absolute Gasteiger partial charge is 0.321 e. The molecule has 106 valence electrons. The van der Waals surface area contributed by atoms with Crippen molar-refractivity contribution in [1.82, 2.24) is 0 Å². The molecule has 0 unspecified atom stereocenters. The van der Waals surface area contributed by atoms with Crippen molar-refractivity contribution in [3.05, 3.63) is 50.1 Å². The molecule has 1 heterocycles. The number of rotatable bonds is 5. The van der Waals surface area contributed by atoms with Crippen molar-refractivity contribution in [3.8, 4) is 0 Å². The summed E-state index contributed by atoms with van der Waals surface area (Å²) in [4.78, 5) is 12.9. The number of hydrogen-bond acceptors (Lipinski definition) is 2. The van der Waals surface area contributed by atoms with Crippen LogP contribution in [0.3, 0.4) is 0 Å². The highest BCUT2D eigenvalue weighted by atomic mass is 79.9. The van der Waals surface area contributed by atoms with Gasteiger partial charge in [0, 0.05) is 11.0 Å². The first-order chi connectivity index (χ1) is 9.60. The van der Waals surface area contributed by atoms with Gasteiger partial charge < -0.3 is 5.32 Å². The summed E-state index contributed by atoms with van der Waals surface area (Å²) in [5.74, 6) is -0.0542. The molecule has 2 nitrogen and oxygen atoms in total. The normalized spacial score (nSPS) is 10.6. The predicted molar refractivity (Wildman–Crippen MR) is 93.3 cm³/mol. The molecular formula is C15H15Br2NOS. The zero-order valence-electron chi connectivity index (χ0n) is 11.1. The molecule has 0 aliphatic carbocycles. The van der Waals surface area contributed by atoms with Crippen LogP contribution in [-0.2, 0) is 6.42 Å². The van der Waals surface area contributed by atoms with Gasteiger partial charge in [-0.05, 0) is 65.0 Å². The summed E-state index contributed by atoms with van der Waals surface area (Å²) in [6.45, 7) is 1.98. The highest BCUT2D eigenvalue weighted by Gasteiger charge is 2.11. The molecule has 0 aliphatic heterocycles. The van der Waals surface area contributed by atoms with Gasteiger partial charge in [-0.3, -0.25) is 4.79 Å². The number of amides is 1. The fourth-order valence-electron chi connectivity index (χ4n) is 1.84. The lowest BCUT2D eigenvalue weighted by atomic mass is 10.1. The molecule has 0 fully saturated rings. The molecule has 2 rings (SSSR count). The lowest BCUT2D eigenvalue weighted by molar-refractivity contribution is 0.103. The molecule has 1 aromatic heterocycles. The zero-order chi connectivity index (χ0) is 14.5. The fourth-order valence-corrected chi connectivity index (χ4v) is 3.55. The number of hydrogen-bond donors (Lipinski definition) is 1. The van der Waals surface area contributed by atoms with E-state index < -0.39 is 0 Å². The summed E-state index contributed by atoms with van der Waals surface area (Å²) in [5.41, 5.74) is 3.18. The van der Waals surface area contributed by atoms with Crippen molar-refractivity contribution in [2.45, 2.75) is 19.8 Å². The number of anilines is 1. The monoisotopic (exact) mass is 415 g/mol. The number of thiophene rings is 1. The maximum atomic E-state index is 12.2. The van der Waals surface area contributed by atoms with Crippen LogP contribution in [-0.4, -0.2) is 11.2 Å². The Bertz CT molecular complexity index is 590. The van der Waals surface area contributed by atoms with Gasteiger partial charge in [0.2, 0.25) is 0 Å². The van der Waals surface area contributed by atoms with E-state index in [1.54, 1.807) is 0 Å². The third kappa shape index (κ3) is 4.17. The number of carbonyl (C=O) groups is 1. The Morgan fingerprint density at radius 3 is 2.80 bits per heavy atom. The van der Waals surface area contributed by atoms with E-state index in [9.17, 15) is 4.79 Å². The minimum absolute atomic E-state index is 0.0542. The molecule has 2 aromatic rings. The molecule has 0 aliphatic rings. The van der Waals surface area contributed by atoms with E-state index in [2.05, 4.69) is 43.2 Å². The number of nitrogens with one attached hydrogen (secondary N) is 1. The van der Waals surface area contributed by atoms with Crippen LogP contribution in [0, 0.1) is 6.92 Å². The van der Waals surface area contributed by atoms with Gasteiger partial charge in [0.05, 0.1) is 8.66 Å². The first-order valence-electron chi connectivity index (χ1n) is 6.32. The van der Waals surface area contributed by atoms with Gasteiger partial charge in [0.1, 0.15) is 0 Å². The van der Waals surface area contributed by atoms with Crippen molar-refractivity contribution < 1.29 is 4.79 Å². The van der Waals surface area contributed by atoms with Gasteiger partial charge in [-0.1, -0.05) is 28.1 Å². The van der Waals surface area contributed by atoms with Gasteiger partial charge in [-0.25, -0.2) is 0 Å². The maximum absolute atomic E-state index is 12.2. The maximum Gasteiger partial charge on any atom is 0.265 e. The van der Waals surface area contributed by atoms with Gasteiger partial charge in [-0.15, -0.1) is 11.3 Å². The number of benzene rings is 1. The molecule has 0 atom stereocenters. The first kappa shape index (κ1) is 15.7. The molecule has 1 aromatic carbocycles. The second-order valence-electron chi connectivity index (χ2n) is 4.51. The van der Waals surface area contributed by atoms with Crippen molar-refractivity contribution in [2.24, 2.45) is 0 Å². The molecule has 1 N–H and O–H groups in total. The average Bonchev–Trinajstić information content (AvgIpc) is 2.77. The van der Waals surface area contributed by atoms with Crippen molar-refractivity contribution in [2.75, 3.05) is 10.6 Å². The van der Waals surface area contributed by atoms with E-state index in [1.807, 2.05) is 31.2 Å². The van der Waals surface area contributed by atoms with E-state index in [4.69, 9.17) is 0 Å². The molecule has 5 heteroatoms. The minimum atomic E-state index is -0.0542. The van der Waals surface area contributed by atoms with Crippen LogP contribution in [0.1, 0.15) is 27.2 Å². The van der Waals surface area contributed by atoms with E-state index >= 15 is 0 Å². The Morgan fingerprint density at radius 2 is 2.15 bits per heavy atom. The Hall–Kier alpha value is -0.650. The Kier molecular flexibility index (Phi) is 5.81. The van der Waals surface area contributed by atoms with Gasteiger partial charge in [-0.2, -0.15) is 0 Å². The van der Waals surface area contributed by atoms with Crippen molar-refractivity contribution in [1.29, 1.82) is 0 Å². The van der Waals surface area contributed by atoms with Gasteiger partial charge in [0.15, 0.2) is 0 Å². The topological polar surface area (TPSA) is 29.1 Å². The molecular weight excluding hydrogens is 402 g/mol. The fraction of sp³-hybridized carbons (Fsp3) is 0.267. The Labute approximate surface area is 139 Å². The molecule has 0 saturated carbocycles. The highest BCUT2D eigenvalue weighted by Crippen LogP contribution is 2.28. The Morgan fingerprint density at radius 1 is 1.35 bits per heavy atom. The first-order valence-corrected chi connectivity index (χ1v) is 9.05. The van der Waals surface area contributed by atoms with E-state index in [-0.39, 0.29) is 5.91 Å². The van der Waals surface area contributed by atoms with Gasteiger partial charge in [0.25, 0.3) is 5.91 Å². The average molecular weight is 417 g/mol. The molecule has 0 spiro atoms. The summed E-state index contributed by atoms with van der Waals surface area (Å²) in [5, 5.41) is 3.95. The highest BCUT2D eigenvalue weighted by molar-refractivity contribution is 9.11. The minimum Gasteiger partial charge on any atom is -0.321 e. The quantitative estimate of drug-likeness (QED) is 0.649. The van der Waals surface area contributed by atoms with Crippen LogP contribution in [0.15, 0.2) is 34.1 Å². The molecule has 20 heavy (non-hydrogen) atoms. The second-order valence-corrected chi connectivity index (χ2v) is 7.68. The summed E-state index contributed by atoms with van der Waals surface area (Å²) in [6, 6.07) is 9.93. The number of alkyl halides is 1. The van der Waals surface area contributed by atoms with Crippen LogP contribution in [0.5, 0.6) is 0 Å². The standard InChI is InChI=1S/C15H15Br2NOS/c1-10-8-13(20-14(10)17)15(19)18-12-6-2-4-11(9-12)5-3-7-16/h2,4,6,8-9H,3,5,7H2,1H3,(H,18,19). The summed E-state index contributed by atoms with van der Waals surface area (Å²) in [7, 11) is 0. The van der Waals surface area contributed by atoms with E-state index in [1.165, 1.54) is 16.9 Å².